The van der Waals surface area contributed by atoms with Crippen LogP contribution in [0.15, 0.2) is 54.6 Å². The zero-order valence-corrected chi connectivity index (χ0v) is 19.8. The van der Waals surface area contributed by atoms with Gasteiger partial charge in [0.2, 0.25) is 0 Å². The predicted octanol–water partition coefficient (Wildman–Crippen LogP) is 5.03. The van der Waals surface area contributed by atoms with Crippen molar-refractivity contribution in [3.8, 4) is 5.75 Å². The second-order valence-corrected chi connectivity index (χ2v) is 9.63. The second kappa shape index (κ2) is 8.93. The number of ether oxygens (including phenoxy) is 2. The first-order chi connectivity index (χ1) is 15.7. The fourth-order valence-corrected chi connectivity index (χ4v) is 4.31. The standard InChI is InChI=1S/C27H32N2O4/c1-5-28-24(30)20-12-10-19(11-13-20)22-18-27(32-23-9-7-6-8-21(22)23)14-16-29(17-15-27)25(31)33-26(2,3)4/h6-13,18H,5,14-17H2,1-4H3,(H,28,30). The molecule has 6 heteroatoms. The van der Waals surface area contributed by atoms with Gasteiger partial charge in [-0.2, -0.15) is 0 Å². The summed E-state index contributed by atoms with van der Waals surface area (Å²) < 4.78 is 12.1. The van der Waals surface area contributed by atoms with Crippen molar-refractivity contribution in [1.82, 2.24) is 10.2 Å². The highest BCUT2D eigenvalue weighted by Gasteiger charge is 2.40. The largest absolute Gasteiger partial charge is 0.482 e. The molecule has 0 bridgehead atoms. The highest BCUT2D eigenvalue weighted by molar-refractivity contribution is 5.95. The lowest BCUT2D eigenvalue weighted by molar-refractivity contribution is -0.00116. The van der Waals surface area contributed by atoms with Crippen LogP contribution in [0, 0.1) is 0 Å². The summed E-state index contributed by atoms with van der Waals surface area (Å²) >= 11 is 0. The van der Waals surface area contributed by atoms with Gasteiger partial charge in [-0.3, -0.25) is 4.79 Å². The molecule has 2 heterocycles. The van der Waals surface area contributed by atoms with E-state index in [9.17, 15) is 9.59 Å². The van der Waals surface area contributed by atoms with E-state index in [1.54, 1.807) is 4.90 Å². The molecule has 1 N–H and O–H groups in total. The molecule has 2 amide bonds. The van der Waals surface area contributed by atoms with Crippen LogP contribution in [0.2, 0.25) is 0 Å². The number of hydrogen-bond acceptors (Lipinski definition) is 4. The molecule has 2 aromatic rings. The number of hydrogen-bond donors (Lipinski definition) is 1. The number of benzene rings is 2. The van der Waals surface area contributed by atoms with Gasteiger partial charge < -0.3 is 19.7 Å². The normalized spacial score (nSPS) is 17.0. The van der Waals surface area contributed by atoms with Crippen molar-refractivity contribution < 1.29 is 19.1 Å². The van der Waals surface area contributed by atoms with Crippen molar-refractivity contribution >= 4 is 17.6 Å². The zero-order valence-electron chi connectivity index (χ0n) is 19.8. The number of amides is 2. The van der Waals surface area contributed by atoms with Gasteiger partial charge in [0.05, 0.1) is 0 Å². The molecule has 0 saturated carbocycles. The summed E-state index contributed by atoms with van der Waals surface area (Å²) in [6.45, 7) is 9.27. The molecular weight excluding hydrogens is 416 g/mol. The van der Waals surface area contributed by atoms with Gasteiger partial charge in [0.15, 0.2) is 0 Å². The molecular formula is C27H32N2O4. The van der Waals surface area contributed by atoms with Gasteiger partial charge >= 0.3 is 6.09 Å². The number of carbonyl (C=O) groups is 2. The lowest BCUT2D eigenvalue weighted by Crippen LogP contribution is -2.50. The number of fused-ring (bicyclic) bond motifs is 1. The minimum Gasteiger partial charge on any atom is -0.482 e. The summed E-state index contributed by atoms with van der Waals surface area (Å²) in [5.41, 5.74) is 2.79. The van der Waals surface area contributed by atoms with E-state index in [1.807, 2.05) is 70.2 Å². The van der Waals surface area contributed by atoms with Crippen LogP contribution in [0.25, 0.3) is 5.57 Å². The van der Waals surface area contributed by atoms with E-state index in [0.29, 0.717) is 38.0 Å². The van der Waals surface area contributed by atoms with Crippen LogP contribution in [-0.4, -0.2) is 47.7 Å². The molecule has 4 rings (SSSR count). The average molecular weight is 449 g/mol. The number of para-hydroxylation sites is 1. The van der Waals surface area contributed by atoms with E-state index in [0.717, 1.165) is 22.4 Å². The van der Waals surface area contributed by atoms with Gasteiger partial charge in [-0.05, 0) is 63.1 Å². The highest BCUT2D eigenvalue weighted by atomic mass is 16.6. The molecule has 2 aromatic carbocycles. The van der Waals surface area contributed by atoms with Crippen LogP contribution in [0.4, 0.5) is 4.79 Å². The quantitative estimate of drug-likeness (QED) is 0.715. The molecule has 6 nitrogen and oxygen atoms in total. The molecule has 2 aliphatic rings. The van der Waals surface area contributed by atoms with Crippen molar-refractivity contribution in [1.29, 1.82) is 0 Å². The van der Waals surface area contributed by atoms with Crippen molar-refractivity contribution in [3.05, 3.63) is 71.3 Å². The molecule has 33 heavy (non-hydrogen) atoms. The van der Waals surface area contributed by atoms with Crippen LogP contribution >= 0.6 is 0 Å². The maximum Gasteiger partial charge on any atom is 0.410 e. The Morgan fingerprint density at radius 3 is 2.36 bits per heavy atom. The van der Waals surface area contributed by atoms with E-state index in [2.05, 4.69) is 17.5 Å². The van der Waals surface area contributed by atoms with Gasteiger partial charge in [0, 0.05) is 43.6 Å². The Morgan fingerprint density at radius 2 is 1.73 bits per heavy atom. The van der Waals surface area contributed by atoms with E-state index in [-0.39, 0.29) is 12.0 Å². The summed E-state index contributed by atoms with van der Waals surface area (Å²) in [5, 5.41) is 2.83. The van der Waals surface area contributed by atoms with E-state index in [1.165, 1.54) is 0 Å². The monoisotopic (exact) mass is 448 g/mol. The molecule has 1 spiro atoms. The van der Waals surface area contributed by atoms with Gasteiger partial charge in [0.1, 0.15) is 17.0 Å². The lowest BCUT2D eigenvalue weighted by Gasteiger charge is -2.43. The molecule has 1 fully saturated rings. The van der Waals surface area contributed by atoms with E-state index < -0.39 is 11.2 Å². The summed E-state index contributed by atoms with van der Waals surface area (Å²) in [6.07, 6.45) is 3.28. The molecule has 0 aromatic heterocycles. The van der Waals surface area contributed by atoms with Crippen LogP contribution in [0.1, 0.15) is 62.0 Å². The van der Waals surface area contributed by atoms with Crippen LogP contribution in [0.3, 0.4) is 0 Å². The van der Waals surface area contributed by atoms with Crippen molar-refractivity contribution in [3.63, 3.8) is 0 Å². The smallest absolute Gasteiger partial charge is 0.410 e. The van der Waals surface area contributed by atoms with Crippen molar-refractivity contribution in [2.75, 3.05) is 19.6 Å². The van der Waals surface area contributed by atoms with E-state index >= 15 is 0 Å². The highest BCUT2D eigenvalue weighted by Crippen LogP contribution is 2.43. The second-order valence-electron chi connectivity index (χ2n) is 9.63. The minimum atomic E-state index is -0.514. The summed E-state index contributed by atoms with van der Waals surface area (Å²) in [6, 6.07) is 15.7. The van der Waals surface area contributed by atoms with Crippen LogP contribution in [0.5, 0.6) is 5.75 Å². The number of nitrogens with one attached hydrogen (secondary N) is 1. The fraction of sp³-hybridized carbons (Fsp3) is 0.407. The minimum absolute atomic E-state index is 0.0728. The number of piperidine rings is 1. The fourth-order valence-electron chi connectivity index (χ4n) is 4.31. The average Bonchev–Trinajstić information content (AvgIpc) is 2.78. The predicted molar refractivity (Wildman–Crippen MR) is 128 cm³/mol. The molecule has 0 unspecified atom stereocenters. The molecule has 2 aliphatic heterocycles. The summed E-state index contributed by atoms with van der Waals surface area (Å²) in [4.78, 5) is 26.4. The maximum absolute atomic E-state index is 12.5. The Morgan fingerprint density at radius 1 is 1.06 bits per heavy atom. The van der Waals surface area contributed by atoms with Crippen LogP contribution < -0.4 is 10.1 Å². The zero-order chi connectivity index (χ0) is 23.6. The number of rotatable bonds is 3. The first-order valence-electron chi connectivity index (χ1n) is 11.6. The van der Waals surface area contributed by atoms with E-state index in [4.69, 9.17) is 9.47 Å². The van der Waals surface area contributed by atoms with Gasteiger partial charge in [-0.1, -0.05) is 30.3 Å². The third-order valence-electron chi connectivity index (χ3n) is 5.95. The number of nitrogens with zero attached hydrogens (tertiary/aromatic N) is 1. The summed E-state index contributed by atoms with van der Waals surface area (Å²) in [5.74, 6) is 0.768. The Balaban J connectivity index is 1.60. The molecule has 0 radical (unpaired) electrons. The Hall–Kier alpha value is -3.28. The lowest BCUT2D eigenvalue weighted by atomic mass is 9.83. The Bertz CT molecular complexity index is 1060. The molecule has 0 atom stereocenters. The number of carbonyl (C=O) groups excluding carboxylic acids is 2. The van der Waals surface area contributed by atoms with Crippen LogP contribution in [-0.2, 0) is 4.74 Å². The Kier molecular flexibility index (Phi) is 6.19. The van der Waals surface area contributed by atoms with Crippen molar-refractivity contribution in [2.45, 2.75) is 51.7 Å². The molecule has 1 saturated heterocycles. The maximum atomic E-state index is 12.5. The first-order valence-corrected chi connectivity index (χ1v) is 11.6. The third-order valence-corrected chi connectivity index (χ3v) is 5.95. The Labute approximate surface area is 195 Å². The van der Waals surface area contributed by atoms with Gasteiger partial charge in [-0.15, -0.1) is 0 Å². The topological polar surface area (TPSA) is 67.9 Å². The SMILES string of the molecule is CCNC(=O)c1ccc(C2=CC3(CCN(C(=O)OC(C)(C)C)CC3)Oc3ccccc32)cc1. The van der Waals surface area contributed by atoms with Gasteiger partial charge in [0.25, 0.3) is 5.91 Å². The first kappa shape index (κ1) is 22.9. The molecule has 0 aliphatic carbocycles. The summed E-state index contributed by atoms with van der Waals surface area (Å²) in [7, 11) is 0. The number of likely N-dealkylation sites (tertiary alicyclic amines) is 1. The molecule has 174 valence electrons. The van der Waals surface area contributed by atoms with Crippen molar-refractivity contribution in [2.24, 2.45) is 0 Å². The third kappa shape index (κ3) is 5.05. The van der Waals surface area contributed by atoms with Gasteiger partial charge in [-0.25, -0.2) is 4.79 Å².